The van der Waals surface area contributed by atoms with Crippen LogP contribution in [0.3, 0.4) is 0 Å². The standard InChI is InChI=1S/C8H18N2O.4C5H12.2C4H10.C3H8O.2C2H6.3CH5N.9CH2O.3H3N.3H2O/c1-5-6(2)7(9-3)8(11)10-4;4*1-4-5(2)3;2*1-4(2)3;1-3(2)4;14*1-2;;;;;;/h6-7,9H,5H2,1-4H3,(H,10,11);4*5H,4H2,1-3H3;2*4H,1-3H3;3-4H,1-2H3;2*1-2H3;3*2H2,1H3;9*1H2;3*1H3;3*1H2. The van der Waals surface area contributed by atoms with Crippen molar-refractivity contribution in [3.05, 3.63) is 0 Å². The van der Waals surface area contributed by atoms with Crippen LogP contribution in [-0.4, -0.2) is 136 Å². The summed E-state index contributed by atoms with van der Waals surface area (Å²) in [4.78, 5) is 83.2. The van der Waals surface area contributed by atoms with Gasteiger partial charge in [0, 0.05) is 13.2 Å². The zero-order valence-corrected chi connectivity index (χ0v) is 57.5. The lowest BCUT2D eigenvalue weighted by molar-refractivity contribution is -0.123. The van der Waals surface area contributed by atoms with Gasteiger partial charge in [-0.15, -0.1) is 0 Å². The summed E-state index contributed by atoms with van der Waals surface area (Å²) in [5.41, 5.74) is 13.5. The number of carbonyl (C=O) groups is 10. The molecule has 1 amide bonds. The molecule has 77 heavy (non-hydrogen) atoms. The van der Waals surface area contributed by atoms with Gasteiger partial charge in [0.25, 0.3) is 0 Å². The van der Waals surface area contributed by atoms with Crippen molar-refractivity contribution in [3.8, 4) is 0 Å². The Bertz CT molecular complexity index is 536. The molecule has 0 radical (unpaired) electrons. The average molecular weight is 1150 g/mol. The van der Waals surface area contributed by atoms with Crippen LogP contribution >= 0.6 is 0 Å². The number of aliphatic hydroxyl groups excluding tert-OH is 1. The van der Waals surface area contributed by atoms with E-state index in [9.17, 15) is 4.79 Å². The van der Waals surface area contributed by atoms with Gasteiger partial charge in [0.15, 0.2) is 0 Å². The van der Waals surface area contributed by atoms with Crippen molar-refractivity contribution in [1.82, 2.24) is 29.1 Å². The third kappa shape index (κ3) is 1080. The van der Waals surface area contributed by atoms with Crippen LogP contribution in [0.4, 0.5) is 0 Å². The fraction of sp³-hybridized carbons (Fsp3) is 0.818. The highest BCUT2D eigenvalue weighted by Gasteiger charge is 2.20. The first-order chi connectivity index (χ1) is 33.4. The number of rotatable bonds is 8. The summed E-state index contributed by atoms with van der Waals surface area (Å²) in [7, 11) is 7.97. The Labute approximate surface area is 482 Å². The summed E-state index contributed by atoms with van der Waals surface area (Å²) in [5.74, 6) is 5.66. The molecule has 0 aromatic rings. The van der Waals surface area contributed by atoms with Crippen molar-refractivity contribution in [2.24, 2.45) is 58.6 Å². The third-order valence-corrected chi connectivity index (χ3v) is 5.32. The van der Waals surface area contributed by atoms with E-state index < -0.39 is 0 Å². The van der Waals surface area contributed by atoms with Crippen molar-refractivity contribution < 1.29 is 69.5 Å². The molecule has 0 fully saturated rings. The molecule has 22 nitrogen and oxygen atoms in total. The second kappa shape index (κ2) is 333. The minimum Gasteiger partial charge on any atom is -0.412 e. The number of nitrogens with one attached hydrogen (secondary N) is 2. The van der Waals surface area contributed by atoms with E-state index >= 15 is 0 Å². The van der Waals surface area contributed by atoms with E-state index in [1.165, 1.54) is 46.8 Å². The van der Waals surface area contributed by atoms with Crippen LogP contribution in [0.2, 0.25) is 0 Å². The van der Waals surface area contributed by atoms with Crippen molar-refractivity contribution in [3.63, 3.8) is 0 Å². The van der Waals surface area contributed by atoms with E-state index in [1.54, 1.807) is 20.9 Å². The molecule has 0 aliphatic heterocycles. The van der Waals surface area contributed by atoms with Crippen molar-refractivity contribution in [2.75, 3.05) is 35.2 Å². The Morgan fingerprint density at radius 1 is 0.364 bits per heavy atom. The lowest BCUT2D eigenvalue weighted by Gasteiger charge is -2.20. The number of aliphatic hydroxyl groups is 1. The van der Waals surface area contributed by atoms with Crippen LogP contribution in [0.5, 0.6) is 0 Å². The normalized spacial score (nSPS) is 6.99. The van der Waals surface area contributed by atoms with E-state index in [0.29, 0.717) is 5.92 Å². The van der Waals surface area contributed by atoms with Crippen molar-refractivity contribution in [2.45, 2.75) is 224 Å². The number of likely N-dealkylation sites (N-methyl/N-ethyl adjacent to an activating group) is 2. The van der Waals surface area contributed by atoms with Gasteiger partial charge in [-0.1, -0.05) is 198 Å². The first-order valence-corrected chi connectivity index (χ1v) is 24.3. The van der Waals surface area contributed by atoms with E-state index in [0.717, 1.165) is 41.9 Å². The minimum absolute atomic E-state index is 0. The molecule has 0 heterocycles. The molecule has 0 aromatic carbocycles. The highest BCUT2D eigenvalue weighted by Crippen LogP contribution is 2.06. The predicted molar refractivity (Wildman–Crippen MR) is 348 cm³/mol. The fourth-order valence-corrected chi connectivity index (χ4v) is 1.07. The monoisotopic (exact) mass is 1150 g/mol. The van der Waals surface area contributed by atoms with E-state index in [-0.39, 0.29) is 52.9 Å². The summed E-state index contributed by atoms with van der Waals surface area (Å²) in [6.45, 7) is 73.2. The van der Waals surface area contributed by atoms with Crippen LogP contribution in [-0.2, 0) is 47.9 Å². The number of hydrogen-bond acceptors (Lipinski definition) is 18. The smallest absolute Gasteiger partial charge is 0.237 e. The van der Waals surface area contributed by atoms with Gasteiger partial charge in [-0.2, -0.15) is 0 Å². The Balaban J connectivity index is -0.0000000129. The van der Waals surface area contributed by atoms with Gasteiger partial charge in [-0.25, -0.2) is 0 Å². The molecule has 0 rings (SSSR count). The first kappa shape index (κ1) is 187. The summed E-state index contributed by atoms with van der Waals surface area (Å²) < 4.78 is 0. The van der Waals surface area contributed by atoms with Crippen LogP contribution in [0.25, 0.3) is 0 Å². The van der Waals surface area contributed by atoms with Gasteiger partial charge < -0.3 is 111 Å². The second-order valence-corrected chi connectivity index (χ2v) is 14.5. The van der Waals surface area contributed by atoms with E-state index in [2.05, 4.69) is 166 Å². The summed E-state index contributed by atoms with van der Waals surface area (Å²) in [6.07, 6.45) is 6.07. The highest BCUT2D eigenvalue weighted by molar-refractivity contribution is 5.81. The van der Waals surface area contributed by atoms with E-state index in [4.69, 9.17) is 48.3 Å². The molecule has 0 saturated carbocycles. The van der Waals surface area contributed by atoms with E-state index in [1.807, 2.05) is 95.8 Å². The van der Waals surface area contributed by atoms with Crippen LogP contribution in [0.15, 0.2) is 0 Å². The summed E-state index contributed by atoms with van der Waals surface area (Å²) in [6, 6.07) is -0.0509. The Morgan fingerprint density at radius 2 is 0.455 bits per heavy atom. The van der Waals surface area contributed by atoms with Gasteiger partial charge >= 0.3 is 0 Å². The summed E-state index contributed by atoms with van der Waals surface area (Å²) >= 11 is 0. The van der Waals surface area contributed by atoms with Gasteiger partial charge in [0.2, 0.25) is 5.91 Å². The Hall–Kier alpha value is -3.94. The lowest BCUT2D eigenvalue weighted by atomic mass is 9.99. The predicted octanol–water partition coefficient (Wildman–Crippen LogP) is 9.41. The average Bonchev–Trinajstić information content (AvgIpc) is 3.42. The largest absolute Gasteiger partial charge is 0.412 e. The SMILES string of the molecule is C=O.C=O.C=O.C=O.C=O.C=O.C=O.C=O.C=O.CC.CC.CC(C)C.CC(C)C.CC(C)O.CCC(C)C.CCC(C)C.CCC(C)C.CCC(C)C.CCC(C)C(NC)C(=O)NC.CN.CN.CN.N.N.N.O.O.O. The van der Waals surface area contributed by atoms with Crippen LogP contribution in [0.1, 0.15) is 212 Å². The topological polar surface area (TPSA) is 493 Å². The highest BCUT2D eigenvalue weighted by atomic mass is 16.3. The van der Waals surface area contributed by atoms with Crippen molar-refractivity contribution in [1.29, 1.82) is 0 Å². The molecule has 0 aliphatic carbocycles. The molecular formula is C55H154N8O14. The molecule has 0 bridgehead atoms. The first-order valence-electron chi connectivity index (χ1n) is 24.3. The Morgan fingerprint density at radius 3 is 0.494 bits per heavy atom. The van der Waals surface area contributed by atoms with Crippen LogP contribution in [0, 0.1) is 41.4 Å². The maximum absolute atomic E-state index is 11.2. The second-order valence-electron chi connectivity index (χ2n) is 14.5. The minimum atomic E-state index is -0.167. The molecule has 22 heteroatoms. The quantitative estimate of drug-likeness (QED) is 0.109. The molecule has 2 unspecified atom stereocenters. The van der Waals surface area contributed by atoms with Gasteiger partial charge in [0.1, 0.15) is 61.1 Å². The number of hydrogen-bond donors (Lipinski definition) is 9. The molecule has 24 N–H and O–H groups in total. The van der Waals surface area contributed by atoms with Gasteiger partial charge in [-0.3, -0.25) is 4.79 Å². The zero-order chi connectivity index (χ0) is 64.7. The maximum atomic E-state index is 11.2. The number of carbonyl (C=O) groups excluding carboxylic acids is 10. The number of amides is 1. The molecule has 0 aliphatic rings. The molecule has 2 atom stereocenters. The summed E-state index contributed by atoms with van der Waals surface area (Å²) in [5, 5.41) is 13.7. The fourth-order valence-electron chi connectivity index (χ4n) is 1.07. The van der Waals surface area contributed by atoms with Crippen LogP contribution < -0.4 is 46.3 Å². The third-order valence-electron chi connectivity index (χ3n) is 5.32. The molecule has 498 valence electrons. The molecule has 0 aromatic heterocycles. The lowest BCUT2D eigenvalue weighted by Crippen LogP contribution is -2.45. The number of nitrogens with two attached hydrogens (primary N) is 3. The Kier molecular flexibility index (Phi) is 808. The van der Waals surface area contributed by atoms with Gasteiger partial charge in [0.05, 0.1) is 6.04 Å². The van der Waals surface area contributed by atoms with Crippen molar-refractivity contribution >= 4 is 67.0 Å². The molecular weight excluding hydrogens is 997 g/mol. The molecule has 0 saturated heterocycles. The molecule has 0 spiro atoms. The zero-order valence-electron chi connectivity index (χ0n) is 57.5. The maximum Gasteiger partial charge on any atom is 0.237 e. The van der Waals surface area contributed by atoms with Gasteiger partial charge in [-0.05, 0) is 83.5 Å².